The number of carbonyl (C=O) groups excluding carboxylic acids is 1. The van der Waals surface area contributed by atoms with Crippen LogP contribution in [0.15, 0.2) is 29.7 Å². The number of thioether (sulfide) groups is 1. The van der Waals surface area contributed by atoms with Crippen molar-refractivity contribution in [1.82, 2.24) is 0 Å². The van der Waals surface area contributed by atoms with E-state index < -0.39 is 0 Å². The highest BCUT2D eigenvalue weighted by Crippen LogP contribution is 2.31. The van der Waals surface area contributed by atoms with Crippen LogP contribution < -0.4 is 0 Å². The average Bonchev–Trinajstić information content (AvgIpc) is 2.53. The van der Waals surface area contributed by atoms with E-state index in [0.717, 1.165) is 16.2 Å². The van der Waals surface area contributed by atoms with Crippen molar-refractivity contribution in [1.29, 1.82) is 0 Å². The van der Waals surface area contributed by atoms with Crippen molar-refractivity contribution in [2.75, 3.05) is 0 Å². The van der Waals surface area contributed by atoms with E-state index in [2.05, 4.69) is 0 Å². The summed E-state index contributed by atoms with van der Waals surface area (Å²) in [5, 5.41) is 2.84. The van der Waals surface area contributed by atoms with Gasteiger partial charge in [0.15, 0.2) is 5.12 Å². The number of hydrogen-bond acceptors (Lipinski definition) is 2. The fourth-order valence-corrected chi connectivity index (χ4v) is 2.07. The molecule has 1 aromatic rings. The smallest absolute Gasteiger partial charge is 0.197 e. The van der Waals surface area contributed by atoms with Crippen LogP contribution >= 0.6 is 23.4 Å². The van der Waals surface area contributed by atoms with Gasteiger partial charge in [0.25, 0.3) is 0 Å². The molecule has 3 heteroatoms. The number of hydrogen-bond donors (Lipinski definition) is 0. The average molecular weight is 211 g/mol. The molecule has 0 amide bonds. The molecule has 0 aromatic heterocycles. The summed E-state index contributed by atoms with van der Waals surface area (Å²) in [5.74, 6) is 0. The van der Waals surface area contributed by atoms with E-state index in [1.54, 1.807) is 0 Å². The van der Waals surface area contributed by atoms with Crippen LogP contribution in [0.2, 0.25) is 5.02 Å². The van der Waals surface area contributed by atoms with Crippen LogP contribution in [0.5, 0.6) is 0 Å². The number of allylic oxidation sites excluding steroid dienone is 1. The molecule has 0 unspecified atom stereocenters. The minimum absolute atomic E-state index is 0.213. The SMILES string of the molecule is O=C1CC(c2ccc(Cl)cc2)=CS1. The van der Waals surface area contributed by atoms with Gasteiger partial charge >= 0.3 is 0 Å². The van der Waals surface area contributed by atoms with Gasteiger partial charge in [-0.15, -0.1) is 0 Å². The van der Waals surface area contributed by atoms with Gasteiger partial charge in [-0.25, -0.2) is 0 Å². The Bertz CT molecular complexity index is 367. The molecule has 1 heterocycles. The van der Waals surface area contributed by atoms with Gasteiger partial charge in [0.1, 0.15) is 0 Å². The van der Waals surface area contributed by atoms with Crippen LogP contribution in [0.3, 0.4) is 0 Å². The predicted octanol–water partition coefficient (Wildman–Crippen LogP) is 3.34. The molecule has 1 nitrogen and oxygen atoms in total. The Kier molecular flexibility index (Phi) is 2.42. The van der Waals surface area contributed by atoms with E-state index >= 15 is 0 Å². The predicted molar refractivity (Wildman–Crippen MR) is 56.6 cm³/mol. The maximum Gasteiger partial charge on any atom is 0.197 e. The summed E-state index contributed by atoms with van der Waals surface area (Å²) in [5.41, 5.74) is 2.18. The lowest BCUT2D eigenvalue weighted by Gasteiger charge is -1.99. The molecule has 0 atom stereocenters. The summed E-state index contributed by atoms with van der Waals surface area (Å²) in [4.78, 5) is 11.0. The van der Waals surface area contributed by atoms with Gasteiger partial charge in [-0.2, -0.15) is 0 Å². The third-order valence-electron chi connectivity index (χ3n) is 1.88. The largest absolute Gasteiger partial charge is 0.286 e. The van der Waals surface area contributed by atoms with Crippen LogP contribution in [0.1, 0.15) is 12.0 Å². The van der Waals surface area contributed by atoms with Crippen molar-refractivity contribution in [3.8, 4) is 0 Å². The number of benzene rings is 1. The minimum Gasteiger partial charge on any atom is -0.286 e. The van der Waals surface area contributed by atoms with Gasteiger partial charge in [0, 0.05) is 11.4 Å². The summed E-state index contributed by atoms with van der Waals surface area (Å²) >= 11 is 7.03. The monoisotopic (exact) mass is 210 g/mol. The molecule has 0 spiro atoms. The molecular weight excluding hydrogens is 204 g/mol. The standard InChI is InChI=1S/C10H7ClOS/c11-9-3-1-7(2-4-9)8-5-10(12)13-6-8/h1-4,6H,5H2. The zero-order chi connectivity index (χ0) is 9.26. The molecular formula is C10H7ClOS. The van der Waals surface area contributed by atoms with Gasteiger partial charge < -0.3 is 0 Å². The molecule has 0 saturated carbocycles. The van der Waals surface area contributed by atoms with Crippen molar-refractivity contribution in [2.24, 2.45) is 0 Å². The van der Waals surface area contributed by atoms with Gasteiger partial charge in [-0.1, -0.05) is 35.5 Å². The fourth-order valence-electron chi connectivity index (χ4n) is 1.21. The zero-order valence-corrected chi connectivity index (χ0v) is 8.36. The van der Waals surface area contributed by atoms with Crippen molar-refractivity contribution < 1.29 is 4.79 Å². The normalized spacial score (nSPS) is 16.1. The molecule has 0 saturated heterocycles. The molecule has 0 aliphatic carbocycles. The lowest BCUT2D eigenvalue weighted by Crippen LogP contribution is -1.85. The number of rotatable bonds is 1. The van der Waals surface area contributed by atoms with Gasteiger partial charge in [-0.3, -0.25) is 4.79 Å². The lowest BCUT2D eigenvalue weighted by atomic mass is 10.1. The summed E-state index contributed by atoms with van der Waals surface area (Å²) in [6.07, 6.45) is 0.534. The summed E-state index contributed by atoms with van der Waals surface area (Å²) in [7, 11) is 0. The molecule has 1 aliphatic heterocycles. The Hall–Kier alpha value is -0.730. The first-order valence-electron chi connectivity index (χ1n) is 3.90. The van der Waals surface area contributed by atoms with Crippen molar-refractivity contribution in [3.05, 3.63) is 40.3 Å². The highest BCUT2D eigenvalue weighted by atomic mass is 35.5. The van der Waals surface area contributed by atoms with Gasteiger partial charge in [0.05, 0.1) is 0 Å². The fraction of sp³-hybridized carbons (Fsp3) is 0.100. The molecule has 0 bridgehead atoms. The Labute approximate surface area is 85.8 Å². The molecule has 1 aromatic carbocycles. The van der Waals surface area contributed by atoms with Crippen molar-refractivity contribution in [3.63, 3.8) is 0 Å². The molecule has 13 heavy (non-hydrogen) atoms. The Morgan fingerprint density at radius 3 is 2.46 bits per heavy atom. The van der Waals surface area contributed by atoms with Crippen LogP contribution in [-0.4, -0.2) is 5.12 Å². The molecule has 66 valence electrons. The van der Waals surface area contributed by atoms with Crippen LogP contribution in [0, 0.1) is 0 Å². The Morgan fingerprint density at radius 1 is 1.23 bits per heavy atom. The third kappa shape index (κ3) is 1.95. The van der Waals surface area contributed by atoms with Crippen LogP contribution in [0.25, 0.3) is 5.57 Å². The maximum absolute atomic E-state index is 11.0. The third-order valence-corrected chi connectivity index (χ3v) is 2.94. The lowest BCUT2D eigenvalue weighted by molar-refractivity contribution is -0.109. The first-order chi connectivity index (χ1) is 6.25. The Balaban J connectivity index is 2.27. The van der Waals surface area contributed by atoms with E-state index in [1.165, 1.54) is 11.8 Å². The molecule has 2 rings (SSSR count). The zero-order valence-electron chi connectivity index (χ0n) is 6.79. The maximum atomic E-state index is 11.0. The first-order valence-corrected chi connectivity index (χ1v) is 5.16. The van der Waals surface area contributed by atoms with E-state index in [9.17, 15) is 4.79 Å². The van der Waals surface area contributed by atoms with Gasteiger partial charge in [0.2, 0.25) is 0 Å². The molecule has 1 aliphatic rings. The highest BCUT2D eigenvalue weighted by Gasteiger charge is 2.14. The van der Waals surface area contributed by atoms with Crippen molar-refractivity contribution >= 4 is 34.1 Å². The van der Waals surface area contributed by atoms with E-state index in [1.807, 2.05) is 29.7 Å². The minimum atomic E-state index is 0.213. The topological polar surface area (TPSA) is 17.1 Å². The second-order valence-electron chi connectivity index (χ2n) is 2.82. The number of halogens is 1. The van der Waals surface area contributed by atoms with E-state index in [0.29, 0.717) is 6.42 Å². The first kappa shape index (κ1) is 8.85. The van der Waals surface area contributed by atoms with Gasteiger partial charge in [-0.05, 0) is 28.7 Å². The Morgan fingerprint density at radius 2 is 1.92 bits per heavy atom. The second-order valence-corrected chi connectivity index (χ2v) is 4.18. The number of carbonyl (C=O) groups is 1. The molecule has 0 fully saturated rings. The van der Waals surface area contributed by atoms with E-state index in [4.69, 9.17) is 11.6 Å². The molecule has 0 radical (unpaired) electrons. The quantitative estimate of drug-likeness (QED) is 0.707. The second kappa shape index (κ2) is 3.56. The van der Waals surface area contributed by atoms with Crippen LogP contribution in [0.4, 0.5) is 0 Å². The van der Waals surface area contributed by atoms with E-state index in [-0.39, 0.29) is 5.12 Å². The van der Waals surface area contributed by atoms with Crippen molar-refractivity contribution in [2.45, 2.75) is 6.42 Å². The molecule has 0 N–H and O–H groups in total. The highest BCUT2D eigenvalue weighted by molar-refractivity contribution is 8.16. The summed E-state index contributed by atoms with van der Waals surface area (Å²) < 4.78 is 0. The summed E-state index contributed by atoms with van der Waals surface area (Å²) in [6.45, 7) is 0. The van der Waals surface area contributed by atoms with Crippen LogP contribution in [-0.2, 0) is 4.79 Å². The summed E-state index contributed by atoms with van der Waals surface area (Å²) in [6, 6.07) is 7.55.